The van der Waals surface area contributed by atoms with Crippen LogP contribution in [0.4, 0.5) is 24.5 Å². The summed E-state index contributed by atoms with van der Waals surface area (Å²) in [6.07, 6.45) is -4.95. The molecule has 27 heavy (non-hydrogen) atoms. The molecule has 0 saturated carbocycles. The maximum Gasteiger partial charge on any atom is 0.416 e. The number of esters is 1. The molecular formula is C17H13F3N2O5. The number of nitrogens with zero attached hydrogens (tertiary/aromatic N) is 1. The van der Waals surface area contributed by atoms with Crippen LogP contribution in [-0.4, -0.2) is 23.4 Å². The van der Waals surface area contributed by atoms with Crippen molar-refractivity contribution in [1.82, 2.24) is 0 Å². The smallest absolute Gasteiger partial charge is 0.416 e. The Bertz CT molecular complexity index is 850. The Morgan fingerprint density at radius 3 is 2.37 bits per heavy atom. The lowest BCUT2D eigenvalue weighted by Gasteiger charge is -2.09. The summed E-state index contributed by atoms with van der Waals surface area (Å²) in [5, 5.41) is 12.9. The Hall–Kier alpha value is -3.43. The van der Waals surface area contributed by atoms with Crippen LogP contribution in [-0.2, 0) is 26.9 Å². The van der Waals surface area contributed by atoms with E-state index in [0.717, 1.165) is 12.1 Å². The summed E-state index contributed by atoms with van der Waals surface area (Å²) >= 11 is 0. The van der Waals surface area contributed by atoms with Crippen molar-refractivity contribution in [2.45, 2.75) is 12.6 Å². The van der Waals surface area contributed by atoms with E-state index in [0.29, 0.717) is 0 Å². The number of nitrogens with one attached hydrogen (secondary N) is 1. The SMILES string of the molecule is O=C(COC(=O)Cc1cccc(C(F)(F)F)c1)Nc1ccc([N+](=O)[O-])cc1. The molecule has 2 rings (SSSR count). The fourth-order valence-corrected chi connectivity index (χ4v) is 2.08. The Morgan fingerprint density at radius 2 is 1.78 bits per heavy atom. The van der Waals surface area contributed by atoms with Gasteiger partial charge >= 0.3 is 12.1 Å². The summed E-state index contributed by atoms with van der Waals surface area (Å²) in [6, 6.07) is 9.22. The van der Waals surface area contributed by atoms with Crippen LogP contribution in [0.15, 0.2) is 48.5 Å². The number of carbonyl (C=O) groups is 2. The number of carbonyl (C=O) groups excluding carboxylic acids is 2. The second-order valence-electron chi connectivity index (χ2n) is 5.39. The van der Waals surface area contributed by atoms with Crippen LogP contribution in [0, 0.1) is 10.1 Å². The lowest BCUT2D eigenvalue weighted by Crippen LogP contribution is -2.21. The van der Waals surface area contributed by atoms with Gasteiger partial charge in [0.25, 0.3) is 11.6 Å². The van der Waals surface area contributed by atoms with Crippen molar-refractivity contribution in [3.63, 3.8) is 0 Å². The van der Waals surface area contributed by atoms with Crippen molar-refractivity contribution in [2.75, 3.05) is 11.9 Å². The van der Waals surface area contributed by atoms with Crippen molar-refractivity contribution in [2.24, 2.45) is 0 Å². The first-order valence-electron chi connectivity index (χ1n) is 7.51. The zero-order valence-corrected chi connectivity index (χ0v) is 13.7. The van der Waals surface area contributed by atoms with E-state index < -0.39 is 41.6 Å². The van der Waals surface area contributed by atoms with Gasteiger partial charge in [0, 0.05) is 17.8 Å². The molecule has 2 aromatic carbocycles. The van der Waals surface area contributed by atoms with Gasteiger partial charge < -0.3 is 10.1 Å². The Morgan fingerprint density at radius 1 is 1.11 bits per heavy atom. The zero-order valence-electron chi connectivity index (χ0n) is 13.7. The minimum atomic E-state index is -4.52. The van der Waals surface area contributed by atoms with Gasteiger partial charge in [-0.25, -0.2) is 0 Å². The molecule has 0 aliphatic heterocycles. The lowest BCUT2D eigenvalue weighted by molar-refractivity contribution is -0.384. The first kappa shape index (κ1) is 19.9. The number of nitro groups is 1. The molecule has 1 amide bonds. The fraction of sp³-hybridized carbons (Fsp3) is 0.176. The fourth-order valence-electron chi connectivity index (χ4n) is 2.08. The molecule has 0 saturated heterocycles. The van der Waals surface area contributed by atoms with Gasteiger partial charge in [-0.1, -0.05) is 18.2 Å². The van der Waals surface area contributed by atoms with Crippen molar-refractivity contribution in [3.8, 4) is 0 Å². The zero-order chi connectivity index (χ0) is 20.0. The van der Waals surface area contributed by atoms with Gasteiger partial charge in [-0.05, 0) is 23.8 Å². The highest BCUT2D eigenvalue weighted by atomic mass is 19.4. The summed E-state index contributed by atoms with van der Waals surface area (Å²) < 4.78 is 42.6. The first-order valence-corrected chi connectivity index (χ1v) is 7.51. The van der Waals surface area contributed by atoms with Gasteiger partial charge in [-0.3, -0.25) is 19.7 Å². The number of nitro benzene ring substituents is 1. The second kappa shape index (κ2) is 8.30. The number of amides is 1. The number of non-ortho nitro benzene ring substituents is 1. The lowest BCUT2D eigenvalue weighted by atomic mass is 10.1. The van der Waals surface area contributed by atoms with Crippen LogP contribution in [0.2, 0.25) is 0 Å². The number of anilines is 1. The number of ether oxygens (including phenoxy) is 1. The van der Waals surface area contributed by atoms with E-state index >= 15 is 0 Å². The van der Waals surface area contributed by atoms with Crippen LogP contribution in [0.3, 0.4) is 0 Å². The number of benzene rings is 2. The molecule has 0 atom stereocenters. The monoisotopic (exact) mass is 382 g/mol. The number of alkyl halides is 3. The minimum Gasteiger partial charge on any atom is -0.455 e. The van der Waals surface area contributed by atoms with Gasteiger partial charge in [0.15, 0.2) is 6.61 Å². The summed E-state index contributed by atoms with van der Waals surface area (Å²) in [4.78, 5) is 33.3. The Kier molecular flexibility index (Phi) is 6.11. The molecule has 0 bridgehead atoms. The molecule has 0 fully saturated rings. The van der Waals surface area contributed by atoms with Crippen LogP contribution in [0.25, 0.3) is 0 Å². The highest BCUT2D eigenvalue weighted by molar-refractivity contribution is 5.93. The number of hydrogen-bond acceptors (Lipinski definition) is 5. The van der Waals surface area contributed by atoms with Crippen molar-refractivity contribution < 1.29 is 32.4 Å². The molecule has 0 aliphatic carbocycles. The minimum absolute atomic E-state index is 0.102. The molecular weight excluding hydrogens is 369 g/mol. The molecule has 0 radical (unpaired) electrons. The highest BCUT2D eigenvalue weighted by Crippen LogP contribution is 2.29. The quantitative estimate of drug-likeness (QED) is 0.469. The van der Waals surface area contributed by atoms with E-state index in [9.17, 15) is 32.9 Å². The van der Waals surface area contributed by atoms with Crippen molar-refractivity contribution in [3.05, 3.63) is 69.8 Å². The van der Waals surface area contributed by atoms with Crippen LogP contribution < -0.4 is 5.32 Å². The largest absolute Gasteiger partial charge is 0.455 e. The molecule has 0 aromatic heterocycles. The van der Waals surface area contributed by atoms with Crippen LogP contribution in [0.5, 0.6) is 0 Å². The molecule has 0 unspecified atom stereocenters. The Balaban J connectivity index is 1.84. The van der Waals surface area contributed by atoms with Crippen LogP contribution in [0.1, 0.15) is 11.1 Å². The number of rotatable bonds is 6. The van der Waals surface area contributed by atoms with E-state index in [1.807, 2.05) is 0 Å². The second-order valence-corrected chi connectivity index (χ2v) is 5.39. The van der Waals surface area contributed by atoms with E-state index in [2.05, 4.69) is 5.32 Å². The van der Waals surface area contributed by atoms with Gasteiger partial charge in [0.05, 0.1) is 16.9 Å². The van der Waals surface area contributed by atoms with Gasteiger partial charge in [-0.15, -0.1) is 0 Å². The third kappa shape index (κ3) is 6.10. The summed E-state index contributed by atoms with van der Waals surface area (Å²) in [6.45, 7) is -0.644. The third-order valence-electron chi connectivity index (χ3n) is 3.33. The maximum atomic E-state index is 12.6. The highest BCUT2D eigenvalue weighted by Gasteiger charge is 2.30. The molecule has 10 heteroatoms. The predicted octanol–water partition coefficient (Wildman–Crippen LogP) is 3.34. The Labute approximate surface area is 150 Å². The van der Waals surface area contributed by atoms with E-state index in [4.69, 9.17) is 4.74 Å². The molecule has 0 spiro atoms. The maximum absolute atomic E-state index is 12.6. The molecule has 7 nitrogen and oxygen atoms in total. The summed E-state index contributed by atoms with van der Waals surface area (Å²) in [5.74, 6) is -1.56. The molecule has 1 N–H and O–H groups in total. The van der Waals surface area contributed by atoms with Gasteiger partial charge in [0.1, 0.15) is 0 Å². The topological polar surface area (TPSA) is 98.5 Å². The van der Waals surface area contributed by atoms with Crippen molar-refractivity contribution >= 4 is 23.3 Å². The first-order chi connectivity index (χ1) is 12.6. The third-order valence-corrected chi connectivity index (χ3v) is 3.33. The van der Waals surface area contributed by atoms with Crippen LogP contribution >= 0.6 is 0 Å². The molecule has 0 heterocycles. The van der Waals surface area contributed by atoms with E-state index in [1.165, 1.54) is 36.4 Å². The van der Waals surface area contributed by atoms with E-state index in [-0.39, 0.29) is 16.9 Å². The molecule has 2 aromatic rings. The molecule has 0 aliphatic rings. The van der Waals surface area contributed by atoms with E-state index in [1.54, 1.807) is 0 Å². The standard InChI is InChI=1S/C17H13F3N2O5/c18-17(19,20)12-3-1-2-11(8-12)9-16(24)27-10-15(23)21-13-4-6-14(7-5-13)22(25)26/h1-8H,9-10H2,(H,21,23). The van der Waals surface area contributed by atoms with Gasteiger partial charge in [0.2, 0.25) is 0 Å². The molecule has 142 valence electrons. The van der Waals surface area contributed by atoms with Gasteiger partial charge in [-0.2, -0.15) is 13.2 Å². The average molecular weight is 382 g/mol. The normalized spacial score (nSPS) is 10.9. The summed E-state index contributed by atoms with van der Waals surface area (Å²) in [7, 11) is 0. The average Bonchev–Trinajstić information content (AvgIpc) is 2.60. The van der Waals surface area contributed by atoms with Crippen molar-refractivity contribution in [1.29, 1.82) is 0 Å². The predicted molar refractivity (Wildman–Crippen MR) is 87.8 cm³/mol. The summed E-state index contributed by atoms with van der Waals surface area (Å²) in [5.41, 5.74) is -0.672. The number of halogens is 3. The number of hydrogen-bond donors (Lipinski definition) is 1.